The smallest absolute Gasteiger partial charge is 0.338 e. The highest BCUT2D eigenvalue weighted by Gasteiger charge is 2.35. The number of piperazine rings is 1. The van der Waals surface area contributed by atoms with Crippen LogP contribution in [0.5, 0.6) is 5.75 Å². The highest BCUT2D eigenvalue weighted by molar-refractivity contribution is 6.31. The molecule has 0 bridgehead atoms. The number of urea groups is 1. The molecule has 0 saturated carbocycles. The van der Waals surface area contributed by atoms with E-state index >= 15 is 0 Å². The number of methoxy groups -OCH3 is 2. The average Bonchev–Trinajstić information content (AvgIpc) is 2.84. The fraction of sp³-hybridized carbons (Fsp3) is 0.333. The monoisotopic (exact) mass is 470 g/mol. The maximum absolute atomic E-state index is 12.8. The van der Waals surface area contributed by atoms with Gasteiger partial charge in [0.05, 0.1) is 25.8 Å². The van der Waals surface area contributed by atoms with Gasteiger partial charge in [-0.1, -0.05) is 35.9 Å². The molecule has 1 saturated heterocycles. The van der Waals surface area contributed by atoms with Crippen LogP contribution in [0.3, 0.4) is 0 Å². The second-order valence-electron chi connectivity index (χ2n) is 7.90. The third-order valence-electron chi connectivity index (χ3n) is 5.95. The first-order chi connectivity index (χ1) is 16.0. The fourth-order valence-corrected chi connectivity index (χ4v) is 4.48. The molecule has 4 rings (SSSR count). The van der Waals surface area contributed by atoms with Crippen molar-refractivity contribution in [3.8, 4) is 5.75 Å². The molecule has 174 valence electrons. The van der Waals surface area contributed by atoms with E-state index in [9.17, 15) is 9.59 Å². The molecule has 1 atom stereocenters. The number of rotatable bonds is 6. The highest BCUT2D eigenvalue weighted by Crippen LogP contribution is 2.32. The standard InChI is InChI=1S/C24H27ClN4O4/c1-32-17-7-5-6-16(14-17)29-12-10-28(11-13-29)15-20-21(23(30)33-2)22(27-24(31)26-20)18-8-3-4-9-19(18)25/h3-9,14,22H,10-13,15H2,1-2H3,(H2,26,27,31)/t22-/m0/s1. The Balaban J connectivity index is 1.54. The summed E-state index contributed by atoms with van der Waals surface area (Å²) in [5.74, 6) is 0.322. The molecule has 8 nitrogen and oxygen atoms in total. The molecule has 0 spiro atoms. The minimum absolute atomic E-state index is 0.362. The SMILES string of the molecule is COC(=O)C1=C(CN2CCN(c3cccc(OC)c3)CC2)NC(=O)N[C@H]1c1ccccc1Cl. The topological polar surface area (TPSA) is 83.1 Å². The van der Waals surface area contributed by atoms with Gasteiger partial charge in [-0.15, -0.1) is 0 Å². The molecule has 2 aromatic carbocycles. The average molecular weight is 471 g/mol. The Bertz CT molecular complexity index is 1070. The van der Waals surface area contributed by atoms with Crippen LogP contribution in [0.15, 0.2) is 59.8 Å². The third-order valence-corrected chi connectivity index (χ3v) is 6.29. The number of anilines is 1. The lowest BCUT2D eigenvalue weighted by atomic mass is 9.95. The Morgan fingerprint density at radius 3 is 2.55 bits per heavy atom. The summed E-state index contributed by atoms with van der Waals surface area (Å²) in [7, 11) is 2.99. The van der Waals surface area contributed by atoms with Crippen molar-refractivity contribution in [1.29, 1.82) is 0 Å². The van der Waals surface area contributed by atoms with Crippen molar-refractivity contribution in [1.82, 2.24) is 15.5 Å². The maximum atomic E-state index is 12.8. The van der Waals surface area contributed by atoms with Gasteiger partial charge in [-0.2, -0.15) is 0 Å². The van der Waals surface area contributed by atoms with Crippen molar-refractivity contribution >= 4 is 29.3 Å². The number of hydrogen-bond donors (Lipinski definition) is 2. The van der Waals surface area contributed by atoms with Crippen molar-refractivity contribution in [2.45, 2.75) is 6.04 Å². The first-order valence-electron chi connectivity index (χ1n) is 10.7. The molecule has 0 unspecified atom stereocenters. The van der Waals surface area contributed by atoms with Crippen LogP contribution < -0.4 is 20.3 Å². The van der Waals surface area contributed by atoms with Gasteiger partial charge in [0.15, 0.2) is 0 Å². The largest absolute Gasteiger partial charge is 0.497 e. The van der Waals surface area contributed by atoms with Gasteiger partial charge in [-0.05, 0) is 23.8 Å². The van der Waals surface area contributed by atoms with Gasteiger partial charge in [-0.25, -0.2) is 9.59 Å². The van der Waals surface area contributed by atoms with E-state index in [1.165, 1.54) is 7.11 Å². The van der Waals surface area contributed by atoms with Crippen LogP contribution in [-0.2, 0) is 9.53 Å². The lowest BCUT2D eigenvalue weighted by Crippen LogP contribution is -2.51. The fourth-order valence-electron chi connectivity index (χ4n) is 4.23. The molecule has 2 amide bonds. The number of amides is 2. The molecule has 2 heterocycles. The number of halogens is 1. The number of esters is 1. The van der Waals surface area contributed by atoms with Crippen molar-refractivity contribution in [2.24, 2.45) is 0 Å². The lowest BCUT2D eigenvalue weighted by molar-refractivity contribution is -0.136. The zero-order valence-corrected chi connectivity index (χ0v) is 19.4. The number of hydrogen-bond acceptors (Lipinski definition) is 6. The van der Waals surface area contributed by atoms with Gasteiger partial charge in [0, 0.05) is 55.2 Å². The third kappa shape index (κ3) is 5.07. The van der Waals surface area contributed by atoms with Crippen LogP contribution in [0.4, 0.5) is 10.5 Å². The van der Waals surface area contributed by atoms with Gasteiger partial charge < -0.3 is 25.0 Å². The summed E-state index contributed by atoms with van der Waals surface area (Å²) in [4.78, 5) is 29.7. The normalized spacial score (nSPS) is 19.1. The van der Waals surface area contributed by atoms with E-state index in [-0.39, 0.29) is 6.03 Å². The summed E-state index contributed by atoms with van der Waals surface area (Å²) < 4.78 is 10.4. The van der Waals surface area contributed by atoms with Crippen LogP contribution in [0, 0.1) is 0 Å². The van der Waals surface area contributed by atoms with Crippen LogP contribution in [0.2, 0.25) is 5.02 Å². The number of carbonyl (C=O) groups excluding carboxylic acids is 2. The Morgan fingerprint density at radius 2 is 1.85 bits per heavy atom. The van der Waals surface area contributed by atoms with Gasteiger partial charge in [0.1, 0.15) is 5.75 Å². The number of nitrogens with zero attached hydrogens (tertiary/aromatic N) is 2. The molecule has 2 aliphatic heterocycles. The minimum atomic E-state index is -0.687. The van der Waals surface area contributed by atoms with Crippen molar-refractivity contribution in [3.05, 3.63) is 70.4 Å². The predicted molar refractivity (Wildman–Crippen MR) is 127 cm³/mol. The molecular formula is C24H27ClN4O4. The van der Waals surface area contributed by atoms with Crippen LogP contribution in [0.25, 0.3) is 0 Å². The Labute approximate surface area is 198 Å². The molecule has 2 aliphatic rings. The predicted octanol–water partition coefficient (Wildman–Crippen LogP) is 2.95. The lowest BCUT2D eigenvalue weighted by Gasteiger charge is -2.38. The molecule has 0 aliphatic carbocycles. The maximum Gasteiger partial charge on any atom is 0.338 e. The van der Waals surface area contributed by atoms with E-state index in [1.54, 1.807) is 25.3 Å². The molecule has 33 heavy (non-hydrogen) atoms. The molecule has 0 aromatic heterocycles. The van der Waals surface area contributed by atoms with Crippen LogP contribution in [-0.4, -0.2) is 63.8 Å². The Morgan fingerprint density at radius 1 is 1.09 bits per heavy atom. The summed E-state index contributed by atoms with van der Waals surface area (Å²) >= 11 is 6.38. The second-order valence-corrected chi connectivity index (χ2v) is 8.31. The van der Waals surface area contributed by atoms with Gasteiger partial charge in [0.2, 0.25) is 0 Å². The molecule has 0 radical (unpaired) electrons. The summed E-state index contributed by atoms with van der Waals surface area (Å²) in [6.45, 7) is 3.59. The number of ether oxygens (including phenoxy) is 2. The summed E-state index contributed by atoms with van der Waals surface area (Å²) in [5.41, 5.74) is 2.65. The molecular weight excluding hydrogens is 444 g/mol. The zero-order valence-electron chi connectivity index (χ0n) is 18.6. The summed E-state index contributed by atoms with van der Waals surface area (Å²) in [6.07, 6.45) is 0. The van der Waals surface area contributed by atoms with E-state index in [0.29, 0.717) is 28.4 Å². The molecule has 2 N–H and O–H groups in total. The summed E-state index contributed by atoms with van der Waals surface area (Å²) in [5, 5.41) is 6.10. The van der Waals surface area contributed by atoms with Crippen molar-refractivity contribution in [3.63, 3.8) is 0 Å². The van der Waals surface area contributed by atoms with E-state index in [4.69, 9.17) is 21.1 Å². The minimum Gasteiger partial charge on any atom is -0.497 e. The van der Waals surface area contributed by atoms with Gasteiger partial charge in [-0.3, -0.25) is 4.90 Å². The van der Waals surface area contributed by atoms with Crippen molar-refractivity contribution in [2.75, 3.05) is 51.8 Å². The quantitative estimate of drug-likeness (QED) is 0.632. The zero-order chi connectivity index (χ0) is 23.4. The van der Waals surface area contributed by atoms with Gasteiger partial charge in [0.25, 0.3) is 0 Å². The molecule has 1 fully saturated rings. The number of benzene rings is 2. The number of nitrogens with one attached hydrogen (secondary N) is 2. The first kappa shape index (κ1) is 22.9. The van der Waals surface area contributed by atoms with E-state index in [0.717, 1.165) is 37.6 Å². The van der Waals surface area contributed by atoms with E-state index < -0.39 is 12.0 Å². The van der Waals surface area contributed by atoms with Gasteiger partial charge >= 0.3 is 12.0 Å². The van der Waals surface area contributed by atoms with Crippen molar-refractivity contribution < 1.29 is 19.1 Å². The number of carbonyl (C=O) groups is 2. The van der Waals surface area contributed by atoms with E-state index in [1.807, 2.05) is 24.3 Å². The Hall–Kier alpha value is -3.23. The van der Waals surface area contributed by atoms with Crippen LogP contribution in [0.1, 0.15) is 11.6 Å². The Kier molecular flexibility index (Phi) is 7.05. The first-order valence-corrected chi connectivity index (χ1v) is 11.1. The van der Waals surface area contributed by atoms with Crippen LogP contribution >= 0.6 is 11.6 Å². The second kappa shape index (κ2) is 10.1. The summed E-state index contributed by atoms with van der Waals surface area (Å²) in [6, 6.07) is 14.1. The van der Waals surface area contributed by atoms with E-state index in [2.05, 4.69) is 26.5 Å². The molecule has 9 heteroatoms. The highest BCUT2D eigenvalue weighted by atomic mass is 35.5. The molecule has 2 aromatic rings.